The third-order valence-corrected chi connectivity index (χ3v) is 9.37. The molecule has 1 aliphatic carbocycles. The molecule has 0 spiro atoms. The molecule has 1 rings (SSSR count). The summed E-state index contributed by atoms with van der Waals surface area (Å²) in [7, 11) is -0.450. The number of methoxy groups -OCH3 is 1. The molecule has 0 radical (unpaired) electrons. The van der Waals surface area contributed by atoms with Crippen LogP contribution in [0.4, 0.5) is 0 Å². The minimum absolute atomic E-state index is 0.0684. The van der Waals surface area contributed by atoms with Gasteiger partial charge in [0.05, 0.1) is 13.2 Å². The fourth-order valence-electron chi connectivity index (χ4n) is 2.30. The van der Waals surface area contributed by atoms with E-state index in [1.165, 1.54) is 7.11 Å². The summed E-state index contributed by atoms with van der Waals surface area (Å²) in [6.45, 7) is 11.0. The first-order valence-corrected chi connectivity index (χ1v) is 11.6. The largest absolute Gasteiger partial charge is 0.469 e. The van der Waals surface area contributed by atoms with E-state index in [2.05, 4.69) is 38.6 Å². The van der Waals surface area contributed by atoms with Crippen LogP contribution in [-0.2, 0) is 18.8 Å². The minimum atomic E-state index is -1.85. The van der Waals surface area contributed by atoms with E-state index in [-0.39, 0.29) is 22.9 Å². The van der Waals surface area contributed by atoms with Crippen LogP contribution >= 0.6 is 0 Å². The molecule has 0 aromatic heterocycles. The standard InChI is InChI=1S/C19H32O4Si/c1-19(2,3)24(5,6)23-16-13-15(17(20)14-16)11-9-7-8-10-12-18(21)22-4/h7,9,13,16H,8,10-12,14H2,1-6H3/b9-7-/t16-/m1/s1. The van der Waals surface area contributed by atoms with Crippen molar-refractivity contribution in [3.8, 4) is 0 Å². The van der Waals surface area contributed by atoms with Crippen LogP contribution in [0.5, 0.6) is 0 Å². The van der Waals surface area contributed by atoms with Gasteiger partial charge in [-0.1, -0.05) is 32.9 Å². The van der Waals surface area contributed by atoms with E-state index in [1.807, 2.05) is 18.2 Å². The molecule has 0 heterocycles. The zero-order valence-electron chi connectivity index (χ0n) is 16.0. The molecule has 0 saturated heterocycles. The number of ketones is 1. The number of rotatable bonds is 8. The van der Waals surface area contributed by atoms with Gasteiger partial charge in [0, 0.05) is 12.8 Å². The Bertz CT molecular complexity index is 512. The molecule has 1 aliphatic rings. The predicted octanol–water partition coefficient (Wildman–Crippen LogP) is 4.57. The van der Waals surface area contributed by atoms with Crippen LogP contribution in [-0.4, -0.2) is 33.3 Å². The zero-order valence-corrected chi connectivity index (χ0v) is 17.0. The average Bonchev–Trinajstić information content (AvgIpc) is 2.80. The zero-order chi connectivity index (χ0) is 18.4. The fraction of sp³-hybridized carbons (Fsp3) is 0.684. The van der Waals surface area contributed by atoms with Crippen LogP contribution in [0, 0.1) is 0 Å². The fourth-order valence-corrected chi connectivity index (χ4v) is 3.56. The first kappa shape index (κ1) is 20.8. The Hall–Kier alpha value is -1.20. The molecule has 0 saturated carbocycles. The molecule has 0 aromatic carbocycles. The van der Waals surface area contributed by atoms with Crippen LogP contribution < -0.4 is 0 Å². The van der Waals surface area contributed by atoms with E-state index in [1.54, 1.807) is 0 Å². The molecule has 4 nitrogen and oxygen atoms in total. The second-order valence-corrected chi connectivity index (χ2v) is 12.6. The van der Waals surface area contributed by atoms with Gasteiger partial charge in [-0.3, -0.25) is 9.59 Å². The van der Waals surface area contributed by atoms with E-state index in [9.17, 15) is 9.59 Å². The third-order valence-electron chi connectivity index (χ3n) is 4.87. The summed E-state index contributed by atoms with van der Waals surface area (Å²) in [5.74, 6) is 0.0145. The highest BCUT2D eigenvalue weighted by Crippen LogP contribution is 2.38. The normalized spacial score (nSPS) is 19.0. The van der Waals surface area contributed by atoms with E-state index in [0.29, 0.717) is 19.3 Å². The van der Waals surface area contributed by atoms with Crippen molar-refractivity contribution in [1.29, 1.82) is 0 Å². The maximum absolute atomic E-state index is 12.1. The van der Waals surface area contributed by atoms with Crippen molar-refractivity contribution in [2.75, 3.05) is 7.11 Å². The van der Waals surface area contributed by atoms with E-state index in [4.69, 9.17) is 4.43 Å². The van der Waals surface area contributed by atoms with Crippen molar-refractivity contribution in [3.63, 3.8) is 0 Å². The van der Waals surface area contributed by atoms with Crippen LogP contribution in [0.25, 0.3) is 0 Å². The Labute approximate surface area is 147 Å². The van der Waals surface area contributed by atoms with Gasteiger partial charge in [0.1, 0.15) is 0 Å². The SMILES string of the molecule is COC(=O)CCC/C=C\CC1=C[C@@H](O[Si](C)(C)C(C)(C)C)CC1=O. The number of Topliss-reactive ketones (excluding diaryl/α,β-unsaturated/α-hetero) is 1. The van der Waals surface area contributed by atoms with Gasteiger partial charge >= 0.3 is 5.97 Å². The molecule has 24 heavy (non-hydrogen) atoms. The van der Waals surface area contributed by atoms with Gasteiger partial charge in [-0.25, -0.2) is 0 Å². The van der Waals surface area contributed by atoms with Gasteiger partial charge in [-0.15, -0.1) is 0 Å². The number of carbonyl (C=O) groups is 2. The van der Waals surface area contributed by atoms with Crippen molar-refractivity contribution in [2.24, 2.45) is 0 Å². The number of esters is 1. The molecule has 0 amide bonds. The van der Waals surface area contributed by atoms with Gasteiger partial charge in [0.25, 0.3) is 0 Å². The molecular weight excluding hydrogens is 320 g/mol. The lowest BCUT2D eigenvalue weighted by Crippen LogP contribution is -2.43. The van der Waals surface area contributed by atoms with Crippen molar-refractivity contribution in [2.45, 2.75) is 77.1 Å². The van der Waals surface area contributed by atoms with Gasteiger partial charge < -0.3 is 9.16 Å². The number of carbonyl (C=O) groups excluding carboxylic acids is 2. The lowest BCUT2D eigenvalue weighted by atomic mass is 10.1. The van der Waals surface area contributed by atoms with Crippen LogP contribution in [0.3, 0.4) is 0 Å². The van der Waals surface area contributed by atoms with E-state index in [0.717, 1.165) is 18.4 Å². The second-order valence-electron chi connectivity index (χ2n) is 7.88. The van der Waals surface area contributed by atoms with Crippen molar-refractivity contribution in [3.05, 3.63) is 23.8 Å². The number of hydrogen-bond donors (Lipinski definition) is 0. The van der Waals surface area contributed by atoms with Gasteiger partial charge in [-0.2, -0.15) is 0 Å². The average molecular weight is 353 g/mol. The Kier molecular flexibility index (Phi) is 7.61. The van der Waals surface area contributed by atoms with Crippen molar-refractivity contribution in [1.82, 2.24) is 0 Å². The molecule has 136 valence electrons. The Morgan fingerprint density at radius 1 is 1.33 bits per heavy atom. The van der Waals surface area contributed by atoms with Gasteiger partial charge in [0.2, 0.25) is 0 Å². The maximum atomic E-state index is 12.1. The van der Waals surface area contributed by atoms with Gasteiger partial charge in [0.15, 0.2) is 14.1 Å². The minimum Gasteiger partial charge on any atom is -0.469 e. The maximum Gasteiger partial charge on any atom is 0.305 e. The number of ether oxygens (including phenoxy) is 1. The molecule has 0 unspecified atom stereocenters. The molecule has 0 N–H and O–H groups in total. The monoisotopic (exact) mass is 352 g/mol. The topological polar surface area (TPSA) is 52.6 Å². The summed E-state index contributed by atoms with van der Waals surface area (Å²) in [5, 5.41) is 0.145. The smallest absolute Gasteiger partial charge is 0.305 e. The van der Waals surface area contributed by atoms with E-state index < -0.39 is 8.32 Å². The highest BCUT2D eigenvalue weighted by molar-refractivity contribution is 6.74. The first-order chi connectivity index (χ1) is 11.1. The summed E-state index contributed by atoms with van der Waals surface area (Å²) in [5.41, 5.74) is 0.850. The summed E-state index contributed by atoms with van der Waals surface area (Å²) < 4.78 is 10.9. The molecular formula is C19H32O4Si. The Balaban J connectivity index is 2.46. The third kappa shape index (κ3) is 6.36. The molecule has 1 atom stereocenters. The molecule has 0 aliphatic heterocycles. The number of allylic oxidation sites excluding steroid dienone is 3. The molecule has 0 aromatic rings. The Morgan fingerprint density at radius 2 is 2.00 bits per heavy atom. The van der Waals surface area contributed by atoms with Crippen LogP contribution in [0.2, 0.25) is 18.1 Å². The predicted molar refractivity (Wildman–Crippen MR) is 99.4 cm³/mol. The van der Waals surface area contributed by atoms with Crippen LogP contribution in [0.15, 0.2) is 23.8 Å². The van der Waals surface area contributed by atoms with Crippen LogP contribution in [0.1, 0.15) is 52.9 Å². The number of hydrogen-bond acceptors (Lipinski definition) is 4. The summed E-state index contributed by atoms with van der Waals surface area (Å²) in [6.07, 6.45) is 9.11. The Morgan fingerprint density at radius 3 is 2.58 bits per heavy atom. The highest BCUT2D eigenvalue weighted by atomic mass is 28.4. The highest BCUT2D eigenvalue weighted by Gasteiger charge is 2.40. The summed E-state index contributed by atoms with van der Waals surface area (Å²) in [4.78, 5) is 23.1. The van der Waals surface area contributed by atoms with Crippen molar-refractivity contribution < 1.29 is 18.8 Å². The second kappa shape index (κ2) is 8.76. The first-order valence-electron chi connectivity index (χ1n) is 8.70. The lowest BCUT2D eigenvalue weighted by molar-refractivity contribution is -0.140. The lowest BCUT2D eigenvalue weighted by Gasteiger charge is -2.37. The molecule has 5 heteroatoms. The van der Waals surface area contributed by atoms with E-state index >= 15 is 0 Å². The van der Waals surface area contributed by atoms with Gasteiger partial charge in [-0.05, 0) is 49.0 Å². The quantitative estimate of drug-likeness (QED) is 0.278. The molecule has 0 fully saturated rings. The van der Waals surface area contributed by atoms with Crippen molar-refractivity contribution >= 4 is 20.1 Å². The summed E-state index contributed by atoms with van der Waals surface area (Å²) in [6, 6.07) is 0. The number of unbranched alkanes of at least 4 members (excludes halogenated alkanes) is 1. The summed E-state index contributed by atoms with van der Waals surface area (Å²) >= 11 is 0. The molecule has 0 bridgehead atoms.